The lowest BCUT2D eigenvalue weighted by molar-refractivity contribution is -0.123. The number of carbonyl (C=O) groups is 1. The smallest absolute Gasteiger partial charge is 0.267 e. The number of aromatic nitrogens is 2. The number of nitrogens with zero attached hydrogens (tertiary/aromatic N) is 4. The van der Waals surface area contributed by atoms with Crippen molar-refractivity contribution >= 4 is 51.7 Å². The van der Waals surface area contributed by atoms with Gasteiger partial charge < -0.3 is 9.64 Å². The van der Waals surface area contributed by atoms with E-state index in [0.29, 0.717) is 52.6 Å². The number of hydrogen-bond donors (Lipinski definition) is 0. The Morgan fingerprint density at radius 1 is 1.33 bits per heavy atom. The molecule has 0 bridgehead atoms. The number of carbonyl (C=O) groups excluding carboxylic acids is 1. The number of anilines is 1. The van der Waals surface area contributed by atoms with Crippen molar-refractivity contribution in [2.24, 2.45) is 0 Å². The highest BCUT2D eigenvalue weighted by atomic mass is 32.2. The van der Waals surface area contributed by atoms with Gasteiger partial charge >= 0.3 is 0 Å². The molecule has 2 aromatic heterocycles. The number of morpholine rings is 1. The van der Waals surface area contributed by atoms with Gasteiger partial charge in [-0.2, -0.15) is 0 Å². The van der Waals surface area contributed by atoms with Gasteiger partial charge in [0.15, 0.2) is 0 Å². The maximum Gasteiger partial charge on any atom is 0.267 e. The Labute approximate surface area is 184 Å². The number of ether oxygens (including phenoxy) is 1. The maximum atomic E-state index is 13.4. The summed E-state index contributed by atoms with van der Waals surface area (Å²) in [6, 6.07) is 3.77. The molecule has 7 nitrogen and oxygen atoms in total. The minimum atomic E-state index is -0.195. The summed E-state index contributed by atoms with van der Waals surface area (Å²) in [5, 5.41) is 0. The molecule has 9 heteroatoms. The fourth-order valence-electron chi connectivity index (χ4n) is 3.62. The molecule has 0 saturated carbocycles. The molecule has 0 aromatic carbocycles. The van der Waals surface area contributed by atoms with Crippen LogP contribution in [0, 0.1) is 6.92 Å². The SMILES string of the molecule is CCC(C)N1C(=O)/C(=C/c2c(N3CCOCC3)nc3c(C)cccn3c2=O)SC1=S. The van der Waals surface area contributed by atoms with Crippen LogP contribution in [-0.4, -0.2) is 56.9 Å². The van der Waals surface area contributed by atoms with Gasteiger partial charge in [-0.15, -0.1) is 0 Å². The standard InChI is InChI=1S/C21H24N4O3S2/c1-4-14(3)25-20(27)16(30-21(25)29)12-15-18(23-8-10-28-11-9-23)22-17-13(2)6-5-7-24(17)19(15)26/h5-7,12,14H,4,8-11H2,1-3H3/b16-12-. The van der Waals surface area contributed by atoms with Crippen LogP contribution in [0.5, 0.6) is 0 Å². The van der Waals surface area contributed by atoms with Crippen LogP contribution < -0.4 is 10.5 Å². The topological polar surface area (TPSA) is 67.2 Å². The first-order valence-corrected chi connectivity index (χ1v) is 11.3. The molecule has 2 aromatic rings. The van der Waals surface area contributed by atoms with Crippen LogP contribution in [0.15, 0.2) is 28.0 Å². The zero-order valence-corrected chi connectivity index (χ0v) is 18.9. The van der Waals surface area contributed by atoms with Crippen LogP contribution in [0.2, 0.25) is 0 Å². The largest absolute Gasteiger partial charge is 0.378 e. The molecular weight excluding hydrogens is 420 g/mol. The van der Waals surface area contributed by atoms with Crippen LogP contribution >= 0.6 is 24.0 Å². The van der Waals surface area contributed by atoms with Gasteiger partial charge in [0.05, 0.1) is 23.7 Å². The van der Waals surface area contributed by atoms with Gasteiger partial charge in [0.1, 0.15) is 15.8 Å². The van der Waals surface area contributed by atoms with Gasteiger partial charge in [-0.25, -0.2) is 4.98 Å². The molecule has 158 valence electrons. The fraction of sp³-hybridized carbons (Fsp3) is 0.429. The number of thioether (sulfide) groups is 1. The van der Waals surface area contributed by atoms with E-state index in [2.05, 4.69) is 4.90 Å². The van der Waals surface area contributed by atoms with Crippen molar-refractivity contribution in [3.63, 3.8) is 0 Å². The second kappa shape index (κ2) is 8.49. The number of rotatable bonds is 4. The van der Waals surface area contributed by atoms with Gasteiger partial charge in [-0.1, -0.05) is 37.0 Å². The summed E-state index contributed by atoms with van der Waals surface area (Å²) in [5.41, 5.74) is 1.75. The lowest BCUT2D eigenvalue weighted by Crippen LogP contribution is -2.39. The van der Waals surface area contributed by atoms with E-state index in [1.165, 1.54) is 11.8 Å². The highest BCUT2D eigenvalue weighted by molar-refractivity contribution is 8.26. The molecule has 0 spiro atoms. The Morgan fingerprint density at radius 3 is 2.77 bits per heavy atom. The van der Waals surface area contributed by atoms with Crippen LogP contribution in [-0.2, 0) is 9.53 Å². The molecule has 2 fully saturated rings. The number of amides is 1. The molecular formula is C21H24N4O3S2. The summed E-state index contributed by atoms with van der Waals surface area (Å²) < 4.78 is 7.54. The molecule has 4 rings (SSSR count). The summed E-state index contributed by atoms with van der Waals surface area (Å²) in [6.45, 7) is 8.36. The predicted molar refractivity (Wildman–Crippen MR) is 124 cm³/mol. The second-order valence-electron chi connectivity index (χ2n) is 7.45. The van der Waals surface area contributed by atoms with E-state index in [-0.39, 0.29) is 17.5 Å². The van der Waals surface area contributed by atoms with Crippen molar-refractivity contribution < 1.29 is 9.53 Å². The van der Waals surface area contributed by atoms with E-state index in [4.69, 9.17) is 21.9 Å². The molecule has 2 aliphatic heterocycles. The van der Waals surface area contributed by atoms with E-state index in [1.807, 2.05) is 32.9 Å². The van der Waals surface area contributed by atoms with Crippen LogP contribution in [0.4, 0.5) is 5.82 Å². The first-order chi connectivity index (χ1) is 14.4. The molecule has 0 radical (unpaired) electrons. The Morgan fingerprint density at radius 2 is 2.07 bits per heavy atom. The molecule has 2 aliphatic rings. The number of aryl methyl sites for hydroxylation is 1. The first-order valence-electron chi connectivity index (χ1n) is 10.0. The Balaban J connectivity index is 1.88. The van der Waals surface area contributed by atoms with Crippen molar-refractivity contribution in [3.05, 3.63) is 44.7 Å². The van der Waals surface area contributed by atoms with E-state index in [9.17, 15) is 9.59 Å². The Kier molecular flexibility index (Phi) is 5.95. The summed E-state index contributed by atoms with van der Waals surface area (Å²) >= 11 is 6.68. The summed E-state index contributed by atoms with van der Waals surface area (Å²) in [4.78, 5) is 35.5. The van der Waals surface area contributed by atoms with Gasteiger partial charge in [-0.3, -0.25) is 18.9 Å². The molecule has 0 aliphatic carbocycles. The monoisotopic (exact) mass is 444 g/mol. The predicted octanol–water partition coefficient (Wildman–Crippen LogP) is 2.84. The molecule has 0 N–H and O–H groups in total. The highest BCUT2D eigenvalue weighted by Crippen LogP contribution is 2.35. The van der Waals surface area contributed by atoms with E-state index in [0.717, 1.165) is 12.0 Å². The summed E-state index contributed by atoms with van der Waals surface area (Å²) in [6.07, 6.45) is 4.18. The molecule has 2 saturated heterocycles. The number of fused-ring (bicyclic) bond motifs is 1. The molecule has 4 heterocycles. The fourth-order valence-corrected chi connectivity index (χ4v) is 5.06. The van der Waals surface area contributed by atoms with Crippen molar-refractivity contribution in [2.45, 2.75) is 33.2 Å². The molecule has 1 amide bonds. The van der Waals surface area contributed by atoms with Gasteiger partial charge in [0.25, 0.3) is 11.5 Å². The van der Waals surface area contributed by atoms with Crippen molar-refractivity contribution in [2.75, 3.05) is 31.2 Å². The van der Waals surface area contributed by atoms with Crippen molar-refractivity contribution in [1.29, 1.82) is 0 Å². The highest BCUT2D eigenvalue weighted by Gasteiger charge is 2.35. The minimum Gasteiger partial charge on any atom is -0.378 e. The summed E-state index contributed by atoms with van der Waals surface area (Å²) in [7, 11) is 0. The first kappa shape index (κ1) is 21.0. The third-order valence-electron chi connectivity index (χ3n) is 5.51. The zero-order valence-electron chi connectivity index (χ0n) is 17.3. The summed E-state index contributed by atoms with van der Waals surface area (Å²) in [5.74, 6) is 0.437. The third kappa shape index (κ3) is 3.66. The van der Waals surface area contributed by atoms with E-state index in [1.54, 1.807) is 21.6 Å². The average Bonchev–Trinajstić information content (AvgIpc) is 3.03. The normalized spacial score (nSPS) is 19.9. The van der Waals surface area contributed by atoms with Crippen LogP contribution in [0.1, 0.15) is 31.4 Å². The number of hydrogen-bond acceptors (Lipinski definition) is 7. The van der Waals surface area contributed by atoms with Crippen LogP contribution in [0.3, 0.4) is 0 Å². The number of pyridine rings is 1. The zero-order chi connectivity index (χ0) is 21.4. The third-order valence-corrected chi connectivity index (χ3v) is 6.84. The second-order valence-corrected chi connectivity index (χ2v) is 9.12. The lowest BCUT2D eigenvalue weighted by Gasteiger charge is -2.29. The quantitative estimate of drug-likeness (QED) is 0.531. The molecule has 1 unspecified atom stereocenters. The average molecular weight is 445 g/mol. The lowest BCUT2D eigenvalue weighted by atomic mass is 10.2. The minimum absolute atomic E-state index is 0.0144. The van der Waals surface area contributed by atoms with E-state index < -0.39 is 0 Å². The van der Waals surface area contributed by atoms with Gasteiger partial charge in [0.2, 0.25) is 0 Å². The van der Waals surface area contributed by atoms with Crippen molar-refractivity contribution in [1.82, 2.24) is 14.3 Å². The Hall–Kier alpha value is -2.23. The van der Waals surface area contributed by atoms with Crippen LogP contribution in [0.25, 0.3) is 11.7 Å². The Bertz CT molecular complexity index is 1110. The molecule has 30 heavy (non-hydrogen) atoms. The number of thiocarbonyl (C=S) groups is 1. The van der Waals surface area contributed by atoms with Crippen molar-refractivity contribution in [3.8, 4) is 0 Å². The maximum absolute atomic E-state index is 13.4. The van der Waals surface area contributed by atoms with Gasteiger partial charge in [0, 0.05) is 25.3 Å². The van der Waals surface area contributed by atoms with E-state index >= 15 is 0 Å². The van der Waals surface area contributed by atoms with Gasteiger partial charge in [-0.05, 0) is 38.0 Å². The molecule has 1 atom stereocenters.